The van der Waals surface area contributed by atoms with Gasteiger partial charge in [-0.2, -0.15) is 17.6 Å². The molecule has 1 amide bonds. The van der Waals surface area contributed by atoms with Gasteiger partial charge in [0.25, 0.3) is 0 Å². The van der Waals surface area contributed by atoms with Gasteiger partial charge in [0.15, 0.2) is 11.6 Å². The lowest BCUT2D eigenvalue weighted by atomic mass is 9.78. The predicted octanol–water partition coefficient (Wildman–Crippen LogP) is 1.89. The van der Waals surface area contributed by atoms with Crippen LogP contribution < -0.4 is 16.0 Å². The maximum Gasteiger partial charge on any atom is 0.416 e. The van der Waals surface area contributed by atoms with E-state index in [1.54, 1.807) is 11.8 Å². The number of nitrogens with zero attached hydrogens (tertiary/aromatic N) is 4. The summed E-state index contributed by atoms with van der Waals surface area (Å²) in [6.45, 7) is 2.74. The van der Waals surface area contributed by atoms with Crippen LogP contribution in [0.25, 0.3) is 0 Å². The number of halogens is 5. The zero-order chi connectivity index (χ0) is 27.6. The Labute approximate surface area is 210 Å². The number of hydrogen-bond acceptors (Lipinski definition) is 8. The van der Waals surface area contributed by atoms with Gasteiger partial charge in [-0.3, -0.25) is 9.69 Å². The number of aliphatic hydroxyl groups is 2. The van der Waals surface area contributed by atoms with Crippen molar-refractivity contribution in [3.63, 3.8) is 0 Å². The number of likely N-dealkylation sites (tertiary alicyclic amines) is 1. The Morgan fingerprint density at radius 3 is 2.54 bits per heavy atom. The molecule has 2 atom stereocenters. The van der Waals surface area contributed by atoms with Crippen LogP contribution in [-0.2, 0) is 17.5 Å². The fraction of sp³-hybridized carbons (Fsp3) is 0.522. The van der Waals surface area contributed by atoms with Crippen molar-refractivity contribution in [1.82, 2.24) is 14.9 Å². The normalized spacial score (nSPS) is 22.6. The average Bonchev–Trinajstić information content (AvgIpc) is 2.79. The molecule has 14 heteroatoms. The van der Waals surface area contributed by atoms with Gasteiger partial charge in [-0.15, -0.1) is 0 Å². The van der Waals surface area contributed by atoms with E-state index < -0.39 is 40.5 Å². The third kappa shape index (κ3) is 6.43. The second kappa shape index (κ2) is 10.7. The van der Waals surface area contributed by atoms with Gasteiger partial charge in [-0.1, -0.05) is 6.07 Å². The highest BCUT2D eigenvalue weighted by molar-refractivity contribution is 5.75. The molecule has 0 unspecified atom stereocenters. The van der Waals surface area contributed by atoms with Gasteiger partial charge in [-0.25, -0.2) is 14.4 Å². The predicted molar refractivity (Wildman–Crippen MR) is 124 cm³/mol. The third-order valence-corrected chi connectivity index (χ3v) is 6.50. The number of primary amides is 1. The Kier molecular flexibility index (Phi) is 8.24. The zero-order valence-corrected chi connectivity index (χ0v) is 20.3. The average molecular weight is 533 g/mol. The van der Waals surface area contributed by atoms with Gasteiger partial charge in [0, 0.05) is 38.3 Å². The van der Waals surface area contributed by atoms with Crippen LogP contribution in [-0.4, -0.2) is 74.9 Å². The number of rotatable bonds is 9. The fourth-order valence-corrected chi connectivity index (χ4v) is 4.24. The Morgan fingerprint density at radius 1 is 1.27 bits per heavy atom. The first kappa shape index (κ1) is 28.5. The number of anilines is 2. The summed E-state index contributed by atoms with van der Waals surface area (Å²) < 4.78 is 68.2. The molecule has 1 saturated heterocycles. The molecule has 37 heavy (non-hydrogen) atoms. The van der Waals surface area contributed by atoms with Crippen molar-refractivity contribution in [2.75, 3.05) is 42.9 Å². The van der Waals surface area contributed by atoms with Gasteiger partial charge < -0.3 is 26.2 Å². The van der Waals surface area contributed by atoms with Crippen molar-refractivity contribution >= 4 is 17.5 Å². The van der Waals surface area contributed by atoms with Gasteiger partial charge >= 0.3 is 6.18 Å². The summed E-state index contributed by atoms with van der Waals surface area (Å²) in [7, 11) is 0. The monoisotopic (exact) mass is 532 g/mol. The third-order valence-electron chi connectivity index (χ3n) is 6.50. The lowest BCUT2D eigenvalue weighted by Crippen LogP contribution is -2.66. The Morgan fingerprint density at radius 2 is 1.97 bits per heavy atom. The Hall–Kier alpha value is -3.10. The molecule has 0 aliphatic carbocycles. The number of alkyl halides is 3. The van der Waals surface area contributed by atoms with Crippen LogP contribution in [0.15, 0.2) is 24.5 Å². The van der Waals surface area contributed by atoms with Gasteiger partial charge in [0.2, 0.25) is 11.7 Å². The molecule has 0 bridgehead atoms. The number of hydrogen-bond donors (Lipinski definition) is 4. The quantitative estimate of drug-likeness (QED) is 0.361. The highest BCUT2D eigenvalue weighted by Gasteiger charge is 2.50. The number of nitrogens with one attached hydrogen (secondary N) is 1. The summed E-state index contributed by atoms with van der Waals surface area (Å²) in [6, 6.07) is 2.12. The molecule has 1 aromatic heterocycles. The minimum atomic E-state index is -4.70. The molecular formula is C23H29F5N6O3. The van der Waals surface area contributed by atoms with Gasteiger partial charge in [-0.05, 0) is 32.4 Å². The molecule has 1 aliphatic heterocycles. The van der Waals surface area contributed by atoms with Gasteiger partial charge in [0.1, 0.15) is 23.3 Å². The van der Waals surface area contributed by atoms with E-state index in [1.807, 2.05) is 0 Å². The van der Waals surface area contributed by atoms with Gasteiger partial charge in [0.05, 0.1) is 12.1 Å². The molecule has 5 N–H and O–H groups in total. The molecule has 1 aliphatic rings. The number of benzene rings is 1. The summed E-state index contributed by atoms with van der Waals surface area (Å²) in [6.07, 6.45) is -3.60. The van der Waals surface area contributed by atoms with Crippen LogP contribution in [0.1, 0.15) is 31.4 Å². The summed E-state index contributed by atoms with van der Waals surface area (Å²) in [5, 5.41) is 24.6. The highest BCUT2D eigenvalue weighted by Crippen LogP contribution is 2.33. The number of carbonyl (C=O) groups is 1. The van der Waals surface area contributed by atoms with Crippen molar-refractivity contribution in [2.24, 2.45) is 5.73 Å². The summed E-state index contributed by atoms with van der Waals surface area (Å²) >= 11 is 0. The first-order chi connectivity index (χ1) is 17.2. The van der Waals surface area contributed by atoms with E-state index in [1.165, 1.54) is 11.8 Å². The standard InChI is InChI=1S/C23H29F5N6O3/c1-3-34(9-14-4-5-15(8-16(14)24)23(26,27)28)20-18(25)19(31-13-32-20)30-11-22(37)6-7-33(10-17(29)35)12-21(22,2)36/h4-5,8,13,36-37H,3,6-7,9-12H2,1-2H3,(H2,29,35)(H,30,31,32)/t21-,22+/m0/s1. The number of piperidine rings is 1. The van der Waals surface area contributed by atoms with Crippen LogP contribution in [0.4, 0.5) is 33.6 Å². The zero-order valence-electron chi connectivity index (χ0n) is 20.3. The fourth-order valence-electron chi connectivity index (χ4n) is 4.24. The molecule has 1 fully saturated rings. The second-order valence-corrected chi connectivity index (χ2v) is 9.26. The molecule has 0 spiro atoms. The van der Waals surface area contributed by atoms with Crippen molar-refractivity contribution in [2.45, 2.75) is 44.2 Å². The SMILES string of the molecule is CCN(Cc1ccc(C(F)(F)F)cc1F)c1ncnc(NC[C@]2(O)CCN(CC(N)=O)C[C@]2(C)O)c1F. The molecule has 2 aromatic rings. The molecular weight excluding hydrogens is 503 g/mol. The molecule has 0 radical (unpaired) electrons. The Bertz CT molecular complexity index is 1130. The summed E-state index contributed by atoms with van der Waals surface area (Å²) in [5.74, 6) is -3.11. The maximum atomic E-state index is 15.3. The second-order valence-electron chi connectivity index (χ2n) is 9.26. The summed E-state index contributed by atoms with van der Waals surface area (Å²) in [4.78, 5) is 21.9. The van der Waals surface area contributed by atoms with Crippen LogP contribution in [0.3, 0.4) is 0 Å². The topological polar surface area (TPSA) is 128 Å². The molecule has 3 rings (SSSR count). The number of carbonyl (C=O) groups excluding carboxylic acids is 1. The largest absolute Gasteiger partial charge is 0.416 e. The first-order valence-corrected chi connectivity index (χ1v) is 11.5. The minimum Gasteiger partial charge on any atom is -0.386 e. The van der Waals surface area contributed by atoms with E-state index in [2.05, 4.69) is 15.3 Å². The molecule has 2 heterocycles. The number of nitrogens with two attached hydrogens (primary N) is 1. The molecule has 204 valence electrons. The number of aromatic nitrogens is 2. The molecule has 9 nitrogen and oxygen atoms in total. The van der Waals surface area contributed by atoms with Crippen LogP contribution in [0.5, 0.6) is 0 Å². The number of β-amino-alcohol motifs (C(OH)–C–C–N with tert-alkyl or cyclic N) is 1. The molecule has 0 saturated carbocycles. The van der Waals surface area contributed by atoms with Crippen LogP contribution in [0, 0.1) is 11.6 Å². The van der Waals surface area contributed by atoms with E-state index >= 15 is 4.39 Å². The van der Waals surface area contributed by atoms with E-state index in [4.69, 9.17) is 5.73 Å². The van der Waals surface area contributed by atoms with Crippen molar-refractivity contribution in [1.29, 1.82) is 0 Å². The van der Waals surface area contributed by atoms with E-state index in [-0.39, 0.29) is 62.9 Å². The molecule has 1 aromatic carbocycles. The Balaban J connectivity index is 1.76. The first-order valence-electron chi connectivity index (χ1n) is 11.5. The number of amides is 1. The van der Waals surface area contributed by atoms with Crippen molar-refractivity contribution < 1.29 is 37.0 Å². The highest BCUT2D eigenvalue weighted by atomic mass is 19.4. The minimum absolute atomic E-state index is 0.0477. The maximum absolute atomic E-state index is 15.3. The van der Waals surface area contributed by atoms with Crippen LogP contribution in [0.2, 0.25) is 0 Å². The van der Waals surface area contributed by atoms with E-state index in [0.717, 1.165) is 18.5 Å². The smallest absolute Gasteiger partial charge is 0.386 e. The van der Waals surface area contributed by atoms with Crippen molar-refractivity contribution in [3.8, 4) is 0 Å². The lowest BCUT2D eigenvalue weighted by molar-refractivity contribution is -0.173. The van der Waals surface area contributed by atoms with E-state index in [0.29, 0.717) is 6.07 Å². The van der Waals surface area contributed by atoms with Crippen LogP contribution >= 0.6 is 0 Å². The lowest BCUT2D eigenvalue weighted by Gasteiger charge is -2.48. The summed E-state index contributed by atoms with van der Waals surface area (Å²) in [5.41, 5.74) is 0.605. The van der Waals surface area contributed by atoms with Crippen molar-refractivity contribution in [3.05, 3.63) is 47.3 Å². The van der Waals surface area contributed by atoms with E-state index in [9.17, 15) is 32.6 Å².